The van der Waals surface area contributed by atoms with Gasteiger partial charge in [0.05, 0.1) is 5.56 Å². The van der Waals surface area contributed by atoms with E-state index in [0.717, 1.165) is 5.56 Å². The number of rotatable bonds is 5. The molecule has 0 saturated carbocycles. The molecule has 0 fully saturated rings. The summed E-state index contributed by atoms with van der Waals surface area (Å²) in [5.74, 6) is -0.132. The van der Waals surface area contributed by atoms with Crippen LogP contribution in [0.25, 0.3) is 0 Å². The average Bonchev–Trinajstić information content (AvgIpc) is 2.92. The maximum Gasteiger partial charge on any atom is 0.280 e. The molecule has 4 nitrogen and oxygen atoms in total. The second-order valence-electron chi connectivity index (χ2n) is 4.57. The van der Waals surface area contributed by atoms with Gasteiger partial charge in [0.15, 0.2) is 6.54 Å². The van der Waals surface area contributed by atoms with Crippen LogP contribution in [0.4, 0.5) is 5.00 Å². The van der Waals surface area contributed by atoms with Gasteiger partial charge in [0.1, 0.15) is 17.1 Å². The minimum atomic E-state index is -0.132. The molecule has 108 valence electrons. The van der Waals surface area contributed by atoms with Crippen LogP contribution in [0, 0.1) is 11.3 Å². The molecule has 6 heteroatoms. The van der Waals surface area contributed by atoms with Gasteiger partial charge in [0.25, 0.3) is 5.91 Å². The highest BCUT2D eigenvalue weighted by Crippen LogP contribution is 2.22. The number of hydrogen-bond donors (Lipinski definition) is 2. The lowest BCUT2D eigenvalue weighted by molar-refractivity contribution is -0.682. The third-order valence-electron chi connectivity index (χ3n) is 3.09. The lowest BCUT2D eigenvalue weighted by Crippen LogP contribution is -2.86. The fourth-order valence-electron chi connectivity index (χ4n) is 1.93. The number of nitrogens with one attached hydrogen (secondary N) is 1. The summed E-state index contributed by atoms with van der Waals surface area (Å²) < 4.78 is 0. The highest BCUT2D eigenvalue weighted by molar-refractivity contribution is 7.14. The van der Waals surface area contributed by atoms with Crippen LogP contribution in [0.1, 0.15) is 24.1 Å². The first-order chi connectivity index (χ1) is 10.1. The molecule has 21 heavy (non-hydrogen) atoms. The number of thiophene rings is 1. The van der Waals surface area contributed by atoms with Gasteiger partial charge in [-0.15, -0.1) is 11.3 Å². The van der Waals surface area contributed by atoms with Crippen LogP contribution in [0.2, 0.25) is 5.02 Å². The normalized spacial score (nSPS) is 11.7. The zero-order valence-electron chi connectivity index (χ0n) is 11.5. The molecule has 1 heterocycles. The molecule has 0 bridgehead atoms. The number of benzene rings is 1. The number of quaternary nitrogens is 1. The van der Waals surface area contributed by atoms with Crippen molar-refractivity contribution in [3.63, 3.8) is 0 Å². The molecule has 0 unspecified atom stereocenters. The van der Waals surface area contributed by atoms with Crippen molar-refractivity contribution < 1.29 is 10.1 Å². The van der Waals surface area contributed by atoms with Crippen molar-refractivity contribution in [3.8, 4) is 6.07 Å². The van der Waals surface area contributed by atoms with E-state index in [-0.39, 0.29) is 18.5 Å². The molecule has 3 N–H and O–H groups in total. The molecule has 0 radical (unpaired) electrons. The van der Waals surface area contributed by atoms with E-state index in [0.29, 0.717) is 15.6 Å². The Kier molecular flexibility index (Phi) is 5.34. The van der Waals surface area contributed by atoms with Crippen molar-refractivity contribution >= 4 is 33.8 Å². The molecule has 0 aliphatic heterocycles. The molecule has 0 aliphatic carbocycles. The van der Waals surface area contributed by atoms with E-state index in [9.17, 15) is 4.79 Å². The number of carbonyl (C=O) groups is 1. The summed E-state index contributed by atoms with van der Waals surface area (Å²) in [6.07, 6.45) is 0. The molecule has 0 spiro atoms. The number of halogens is 1. The Morgan fingerprint density at radius 2 is 2.24 bits per heavy atom. The maximum atomic E-state index is 11.9. The maximum absolute atomic E-state index is 11.9. The molecule has 2 aromatic rings. The fraction of sp³-hybridized carbons (Fsp3) is 0.200. The van der Waals surface area contributed by atoms with Crippen molar-refractivity contribution in [2.24, 2.45) is 0 Å². The minimum Gasteiger partial charge on any atom is -0.332 e. The van der Waals surface area contributed by atoms with E-state index < -0.39 is 0 Å². The van der Waals surface area contributed by atoms with Gasteiger partial charge in [-0.3, -0.25) is 4.79 Å². The molecule has 1 aromatic heterocycles. The number of anilines is 1. The van der Waals surface area contributed by atoms with Gasteiger partial charge in [0.2, 0.25) is 0 Å². The van der Waals surface area contributed by atoms with Gasteiger partial charge in [0, 0.05) is 10.6 Å². The van der Waals surface area contributed by atoms with Gasteiger partial charge in [-0.2, -0.15) is 5.26 Å². The Morgan fingerprint density at radius 3 is 2.95 bits per heavy atom. The number of nitriles is 1. The van der Waals surface area contributed by atoms with Crippen LogP contribution in [-0.2, 0) is 4.79 Å². The lowest BCUT2D eigenvalue weighted by atomic mass is 10.1. The number of nitrogens with zero attached hydrogens (tertiary/aromatic N) is 1. The quantitative estimate of drug-likeness (QED) is 0.888. The Hall–Kier alpha value is -1.87. The fourth-order valence-corrected chi connectivity index (χ4v) is 2.99. The van der Waals surface area contributed by atoms with E-state index in [1.165, 1.54) is 11.3 Å². The number of nitrogens with two attached hydrogens (primary N) is 1. The third kappa shape index (κ3) is 4.05. The van der Waals surface area contributed by atoms with E-state index in [1.807, 2.05) is 42.6 Å². The summed E-state index contributed by atoms with van der Waals surface area (Å²) in [6, 6.07) is 11.4. The van der Waals surface area contributed by atoms with Crippen LogP contribution >= 0.6 is 22.9 Å². The number of carbonyl (C=O) groups excluding carboxylic acids is 1. The lowest BCUT2D eigenvalue weighted by Gasteiger charge is -2.12. The molecular formula is C15H15ClN3OS+. The zero-order valence-corrected chi connectivity index (χ0v) is 13.0. The average molecular weight is 321 g/mol. The summed E-state index contributed by atoms with van der Waals surface area (Å²) in [5.41, 5.74) is 1.49. The Balaban J connectivity index is 1.90. The van der Waals surface area contributed by atoms with Crippen molar-refractivity contribution in [3.05, 3.63) is 51.9 Å². The number of amides is 1. The van der Waals surface area contributed by atoms with Crippen LogP contribution < -0.4 is 10.6 Å². The van der Waals surface area contributed by atoms with Gasteiger partial charge >= 0.3 is 0 Å². The first-order valence-electron chi connectivity index (χ1n) is 6.47. The smallest absolute Gasteiger partial charge is 0.280 e. The van der Waals surface area contributed by atoms with E-state index in [1.54, 1.807) is 11.4 Å². The summed E-state index contributed by atoms with van der Waals surface area (Å²) in [6.45, 7) is 2.27. The molecule has 0 saturated heterocycles. The zero-order chi connectivity index (χ0) is 15.2. The van der Waals surface area contributed by atoms with Crippen LogP contribution in [0.5, 0.6) is 0 Å². The van der Waals surface area contributed by atoms with Crippen molar-refractivity contribution in [1.82, 2.24) is 0 Å². The van der Waals surface area contributed by atoms with E-state index >= 15 is 0 Å². The largest absolute Gasteiger partial charge is 0.332 e. The standard InChI is InChI=1S/C15H14ClN3OS/c1-10(12-4-2-3-5-13(12)16)18-9-14(20)19-15-11(8-17)6-7-21-15/h2-7,10,18H,9H2,1H3,(H,19,20)/p+1/t10-/m0/s1. The second kappa shape index (κ2) is 7.23. The first kappa shape index (κ1) is 15.5. The SMILES string of the molecule is C[C@H]([NH2+]CC(=O)Nc1sccc1C#N)c1ccccc1Cl. The molecule has 2 rings (SSSR count). The van der Waals surface area contributed by atoms with Crippen LogP contribution in [-0.4, -0.2) is 12.5 Å². The highest BCUT2D eigenvalue weighted by atomic mass is 35.5. The predicted molar refractivity (Wildman–Crippen MR) is 84.3 cm³/mol. The van der Waals surface area contributed by atoms with Crippen molar-refractivity contribution in [2.75, 3.05) is 11.9 Å². The first-order valence-corrected chi connectivity index (χ1v) is 7.72. The van der Waals surface area contributed by atoms with Crippen molar-refractivity contribution in [1.29, 1.82) is 5.26 Å². The molecular weight excluding hydrogens is 306 g/mol. The van der Waals surface area contributed by atoms with Crippen LogP contribution in [0.15, 0.2) is 35.7 Å². The predicted octanol–water partition coefficient (Wildman–Crippen LogP) is 2.54. The van der Waals surface area contributed by atoms with Gasteiger partial charge in [-0.25, -0.2) is 0 Å². The van der Waals surface area contributed by atoms with Crippen LogP contribution in [0.3, 0.4) is 0 Å². The summed E-state index contributed by atoms with van der Waals surface area (Å²) in [4.78, 5) is 11.9. The third-order valence-corrected chi connectivity index (χ3v) is 4.27. The highest BCUT2D eigenvalue weighted by Gasteiger charge is 2.15. The summed E-state index contributed by atoms with van der Waals surface area (Å²) >= 11 is 7.48. The minimum absolute atomic E-state index is 0.0863. The number of hydrogen-bond acceptors (Lipinski definition) is 3. The van der Waals surface area contributed by atoms with E-state index in [4.69, 9.17) is 16.9 Å². The molecule has 1 atom stereocenters. The molecule has 1 amide bonds. The van der Waals surface area contributed by atoms with Gasteiger partial charge in [-0.1, -0.05) is 29.8 Å². The topological polar surface area (TPSA) is 69.5 Å². The Labute approximate surface area is 132 Å². The van der Waals surface area contributed by atoms with Crippen molar-refractivity contribution in [2.45, 2.75) is 13.0 Å². The summed E-state index contributed by atoms with van der Waals surface area (Å²) in [5, 5.41) is 16.7. The molecule has 1 aromatic carbocycles. The summed E-state index contributed by atoms with van der Waals surface area (Å²) in [7, 11) is 0. The monoisotopic (exact) mass is 320 g/mol. The molecule has 0 aliphatic rings. The Bertz CT molecular complexity index is 678. The second-order valence-corrected chi connectivity index (χ2v) is 5.90. The Morgan fingerprint density at radius 1 is 1.48 bits per heavy atom. The van der Waals surface area contributed by atoms with Gasteiger partial charge in [-0.05, 0) is 24.4 Å². The van der Waals surface area contributed by atoms with E-state index in [2.05, 4.69) is 5.32 Å². The van der Waals surface area contributed by atoms with Gasteiger partial charge < -0.3 is 10.6 Å².